The highest BCUT2D eigenvalue weighted by atomic mass is 16.5. The molecule has 0 spiro atoms. The first-order chi connectivity index (χ1) is 8.74. The van der Waals surface area contributed by atoms with Crippen molar-refractivity contribution in [3.05, 3.63) is 23.8 Å². The molecule has 1 saturated heterocycles. The van der Waals surface area contributed by atoms with Gasteiger partial charge in [0, 0.05) is 37.8 Å². The molecular weight excluding hydrogens is 228 g/mol. The van der Waals surface area contributed by atoms with Crippen molar-refractivity contribution in [2.45, 2.75) is 19.5 Å². The van der Waals surface area contributed by atoms with Gasteiger partial charge in [0.05, 0.1) is 14.2 Å². The van der Waals surface area contributed by atoms with E-state index in [2.05, 4.69) is 23.2 Å². The zero-order chi connectivity index (χ0) is 13.0. The molecule has 1 fully saturated rings. The predicted molar refractivity (Wildman–Crippen MR) is 72.3 cm³/mol. The minimum Gasteiger partial charge on any atom is -0.493 e. The van der Waals surface area contributed by atoms with Gasteiger partial charge in [0.1, 0.15) is 0 Å². The maximum absolute atomic E-state index is 5.47. The third kappa shape index (κ3) is 2.94. The second-order valence-electron chi connectivity index (χ2n) is 4.74. The molecule has 1 N–H and O–H groups in total. The fraction of sp³-hybridized carbons (Fsp3) is 0.571. The van der Waals surface area contributed by atoms with E-state index in [0.717, 1.165) is 37.7 Å². The van der Waals surface area contributed by atoms with E-state index in [1.54, 1.807) is 14.2 Å². The first-order valence-corrected chi connectivity index (χ1v) is 6.40. The van der Waals surface area contributed by atoms with Crippen molar-refractivity contribution in [1.82, 2.24) is 10.2 Å². The number of piperazine rings is 1. The average molecular weight is 250 g/mol. The van der Waals surface area contributed by atoms with Crippen LogP contribution < -0.4 is 14.8 Å². The molecule has 100 valence electrons. The van der Waals surface area contributed by atoms with E-state index < -0.39 is 0 Å². The average Bonchev–Trinajstić information content (AvgIpc) is 2.38. The van der Waals surface area contributed by atoms with Gasteiger partial charge < -0.3 is 14.8 Å². The summed E-state index contributed by atoms with van der Waals surface area (Å²) in [6, 6.07) is 6.61. The molecule has 1 aromatic carbocycles. The molecule has 0 aliphatic carbocycles. The highest BCUT2D eigenvalue weighted by molar-refractivity contribution is 5.46. The van der Waals surface area contributed by atoms with Gasteiger partial charge in [0.25, 0.3) is 0 Å². The summed E-state index contributed by atoms with van der Waals surface area (Å²) in [5.74, 6) is 1.66. The molecule has 0 radical (unpaired) electrons. The summed E-state index contributed by atoms with van der Waals surface area (Å²) >= 11 is 0. The van der Waals surface area contributed by atoms with Crippen LogP contribution >= 0.6 is 0 Å². The molecule has 18 heavy (non-hydrogen) atoms. The molecule has 1 atom stereocenters. The van der Waals surface area contributed by atoms with Gasteiger partial charge in [-0.25, -0.2) is 0 Å². The number of benzene rings is 1. The first kappa shape index (κ1) is 13.2. The zero-order valence-electron chi connectivity index (χ0n) is 11.4. The van der Waals surface area contributed by atoms with Crippen LogP contribution in [0.15, 0.2) is 18.2 Å². The molecular formula is C14H22N2O2. The van der Waals surface area contributed by atoms with Gasteiger partial charge in [-0.2, -0.15) is 0 Å². The number of rotatable bonds is 4. The van der Waals surface area contributed by atoms with Crippen molar-refractivity contribution in [1.29, 1.82) is 0 Å². The van der Waals surface area contributed by atoms with Gasteiger partial charge in [-0.3, -0.25) is 4.90 Å². The maximum atomic E-state index is 5.47. The topological polar surface area (TPSA) is 33.7 Å². The molecule has 1 aliphatic rings. The number of methoxy groups -OCH3 is 2. The maximum Gasteiger partial charge on any atom is 0.165 e. The minimum absolute atomic E-state index is 0.551. The largest absolute Gasteiger partial charge is 0.493 e. The Morgan fingerprint density at radius 3 is 2.83 bits per heavy atom. The highest BCUT2D eigenvalue weighted by Crippen LogP contribution is 2.31. The van der Waals surface area contributed by atoms with E-state index in [9.17, 15) is 0 Å². The van der Waals surface area contributed by atoms with E-state index >= 15 is 0 Å². The van der Waals surface area contributed by atoms with Gasteiger partial charge >= 0.3 is 0 Å². The molecule has 1 aromatic rings. The lowest BCUT2D eigenvalue weighted by molar-refractivity contribution is 0.197. The SMILES string of the molecule is COc1cccc(CN2CCNC(C)C2)c1OC. The van der Waals surface area contributed by atoms with E-state index in [4.69, 9.17) is 9.47 Å². The van der Waals surface area contributed by atoms with Gasteiger partial charge in [0.15, 0.2) is 11.5 Å². The van der Waals surface area contributed by atoms with Crippen LogP contribution in [-0.2, 0) is 6.54 Å². The number of hydrogen-bond acceptors (Lipinski definition) is 4. The molecule has 0 bridgehead atoms. The van der Waals surface area contributed by atoms with Crippen LogP contribution in [0.4, 0.5) is 0 Å². The van der Waals surface area contributed by atoms with Crippen molar-refractivity contribution in [3.63, 3.8) is 0 Å². The predicted octanol–water partition coefficient (Wildman–Crippen LogP) is 1.50. The number of nitrogens with zero attached hydrogens (tertiary/aromatic N) is 1. The summed E-state index contributed by atoms with van der Waals surface area (Å²) in [5, 5.41) is 3.45. The van der Waals surface area contributed by atoms with Crippen LogP contribution in [0.25, 0.3) is 0 Å². The monoisotopic (exact) mass is 250 g/mol. The van der Waals surface area contributed by atoms with Gasteiger partial charge in [-0.05, 0) is 13.0 Å². The fourth-order valence-corrected chi connectivity index (χ4v) is 2.47. The number of ether oxygens (including phenoxy) is 2. The molecule has 0 aromatic heterocycles. The first-order valence-electron chi connectivity index (χ1n) is 6.40. The Balaban J connectivity index is 2.12. The Bertz CT molecular complexity index is 395. The summed E-state index contributed by atoms with van der Waals surface area (Å²) in [4.78, 5) is 2.44. The Morgan fingerprint density at radius 2 is 2.17 bits per heavy atom. The second kappa shape index (κ2) is 6.07. The van der Waals surface area contributed by atoms with Crippen LogP contribution in [0.5, 0.6) is 11.5 Å². The summed E-state index contributed by atoms with van der Waals surface area (Å²) < 4.78 is 10.8. The molecule has 0 amide bonds. The lowest BCUT2D eigenvalue weighted by Gasteiger charge is -2.32. The smallest absolute Gasteiger partial charge is 0.165 e. The third-order valence-corrected chi connectivity index (χ3v) is 3.33. The molecule has 4 heteroatoms. The van der Waals surface area contributed by atoms with E-state index in [1.165, 1.54) is 5.56 Å². The minimum atomic E-state index is 0.551. The quantitative estimate of drug-likeness (QED) is 0.878. The van der Waals surface area contributed by atoms with Crippen molar-refractivity contribution in [2.24, 2.45) is 0 Å². The third-order valence-electron chi connectivity index (χ3n) is 3.33. The van der Waals surface area contributed by atoms with Gasteiger partial charge in [0.2, 0.25) is 0 Å². The Hall–Kier alpha value is -1.26. The summed E-state index contributed by atoms with van der Waals surface area (Å²) in [7, 11) is 3.37. The van der Waals surface area contributed by atoms with Crippen LogP contribution in [-0.4, -0.2) is 44.8 Å². The van der Waals surface area contributed by atoms with E-state index in [-0.39, 0.29) is 0 Å². The summed E-state index contributed by atoms with van der Waals surface area (Å²) in [5.41, 5.74) is 1.19. The molecule has 1 heterocycles. The molecule has 4 nitrogen and oxygen atoms in total. The summed E-state index contributed by atoms with van der Waals surface area (Å²) in [6.07, 6.45) is 0. The molecule has 1 aliphatic heterocycles. The van der Waals surface area contributed by atoms with E-state index in [0.29, 0.717) is 6.04 Å². The Morgan fingerprint density at radius 1 is 1.33 bits per heavy atom. The highest BCUT2D eigenvalue weighted by Gasteiger charge is 2.18. The van der Waals surface area contributed by atoms with Gasteiger partial charge in [-0.15, -0.1) is 0 Å². The molecule has 1 unspecified atom stereocenters. The van der Waals surface area contributed by atoms with Crippen LogP contribution in [0.3, 0.4) is 0 Å². The van der Waals surface area contributed by atoms with Gasteiger partial charge in [-0.1, -0.05) is 12.1 Å². The van der Waals surface area contributed by atoms with Crippen molar-refractivity contribution >= 4 is 0 Å². The number of nitrogens with one attached hydrogen (secondary N) is 1. The Labute approximate surface area is 109 Å². The fourth-order valence-electron chi connectivity index (χ4n) is 2.47. The molecule has 0 saturated carbocycles. The van der Waals surface area contributed by atoms with Crippen molar-refractivity contribution < 1.29 is 9.47 Å². The normalized spacial score (nSPS) is 20.7. The molecule has 2 rings (SSSR count). The van der Waals surface area contributed by atoms with Crippen LogP contribution in [0.2, 0.25) is 0 Å². The van der Waals surface area contributed by atoms with Crippen LogP contribution in [0.1, 0.15) is 12.5 Å². The van der Waals surface area contributed by atoms with Crippen molar-refractivity contribution in [2.75, 3.05) is 33.9 Å². The second-order valence-corrected chi connectivity index (χ2v) is 4.74. The number of hydrogen-bond donors (Lipinski definition) is 1. The number of para-hydroxylation sites is 1. The van der Waals surface area contributed by atoms with Crippen molar-refractivity contribution in [3.8, 4) is 11.5 Å². The standard InChI is InChI=1S/C14H22N2O2/c1-11-9-16(8-7-15-11)10-12-5-4-6-13(17-2)14(12)18-3/h4-6,11,15H,7-10H2,1-3H3. The lowest BCUT2D eigenvalue weighted by Crippen LogP contribution is -2.48. The zero-order valence-corrected chi connectivity index (χ0v) is 11.4. The van der Waals surface area contributed by atoms with Crippen LogP contribution in [0, 0.1) is 0 Å². The van der Waals surface area contributed by atoms with E-state index in [1.807, 2.05) is 12.1 Å². The Kier molecular flexibility index (Phi) is 4.44. The lowest BCUT2D eigenvalue weighted by atomic mass is 10.1. The summed E-state index contributed by atoms with van der Waals surface area (Å²) in [6.45, 7) is 6.32.